The van der Waals surface area contributed by atoms with Crippen molar-refractivity contribution in [3.05, 3.63) is 23.3 Å². The lowest BCUT2D eigenvalue weighted by molar-refractivity contribution is -0.138. The molecule has 3 fully saturated rings. The van der Waals surface area contributed by atoms with Gasteiger partial charge in [0.2, 0.25) is 15.9 Å². The van der Waals surface area contributed by atoms with Crippen molar-refractivity contribution in [2.45, 2.75) is 37.6 Å². The van der Waals surface area contributed by atoms with E-state index in [2.05, 4.69) is 9.80 Å². The summed E-state index contributed by atoms with van der Waals surface area (Å²) in [5.41, 5.74) is 1.27. The molecule has 3 saturated heterocycles. The normalized spacial score (nSPS) is 22.5. The van der Waals surface area contributed by atoms with E-state index in [0.29, 0.717) is 41.5 Å². The zero-order chi connectivity index (χ0) is 26.4. The van der Waals surface area contributed by atoms with Crippen molar-refractivity contribution in [1.82, 2.24) is 19.0 Å². The van der Waals surface area contributed by atoms with Crippen LogP contribution in [-0.2, 0) is 24.3 Å². The van der Waals surface area contributed by atoms with E-state index in [9.17, 15) is 13.2 Å². The van der Waals surface area contributed by atoms with Gasteiger partial charge < -0.3 is 24.0 Å². The highest BCUT2D eigenvalue weighted by atomic mass is 32.2. The maximum Gasteiger partial charge on any atom is 0.248 e. The Balaban J connectivity index is 1.27. The number of ether oxygens (including phenoxy) is 3. The van der Waals surface area contributed by atoms with E-state index in [1.165, 1.54) is 30.2 Å². The van der Waals surface area contributed by atoms with Crippen LogP contribution >= 0.6 is 0 Å². The first-order chi connectivity index (χ1) is 17.8. The van der Waals surface area contributed by atoms with Crippen molar-refractivity contribution in [3.8, 4) is 5.75 Å². The minimum absolute atomic E-state index is 0.0489. The third-order valence-corrected chi connectivity index (χ3v) is 9.86. The van der Waals surface area contributed by atoms with Crippen LogP contribution in [0.4, 0.5) is 0 Å². The molecule has 3 heterocycles. The molecule has 0 spiro atoms. The first kappa shape index (κ1) is 28.3. The fraction of sp³-hybridized carbons (Fsp3) is 0.731. The Morgan fingerprint density at radius 1 is 0.973 bits per heavy atom. The van der Waals surface area contributed by atoms with Gasteiger partial charge in [0, 0.05) is 45.8 Å². The Hall–Kier alpha value is -1.76. The van der Waals surface area contributed by atoms with Crippen molar-refractivity contribution >= 4 is 15.9 Å². The summed E-state index contributed by atoms with van der Waals surface area (Å²) in [6.45, 7) is 12.1. The number of aryl methyl sites for hydroxylation is 2. The van der Waals surface area contributed by atoms with E-state index in [1.54, 1.807) is 33.1 Å². The summed E-state index contributed by atoms with van der Waals surface area (Å²) in [7, 11) is -2.21. The number of likely N-dealkylation sites (tertiary alicyclic amines) is 1. The van der Waals surface area contributed by atoms with E-state index in [4.69, 9.17) is 14.2 Å². The van der Waals surface area contributed by atoms with Crippen molar-refractivity contribution in [1.29, 1.82) is 0 Å². The van der Waals surface area contributed by atoms with Crippen LogP contribution in [0.15, 0.2) is 17.0 Å². The van der Waals surface area contributed by atoms with Crippen LogP contribution < -0.4 is 4.74 Å². The lowest BCUT2D eigenvalue weighted by Gasteiger charge is -2.36. The monoisotopic (exact) mass is 538 g/mol. The maximum absolute atomic E-state index is 13.6. The number of nitrogens with zero attached hydrogens (tertiary/aromatic N) is 4. The van der Waals surface area contributed by atoms with Gasteiger partial charge in [-0.3, -0.25) is 9.69 Å². The number of sulfonamides is 1. The van der Waals surface area contributed by atoms with Gasteiger partial charge in [0.25, 0.3) is 0 Å². The van der Waals surface area contributed by atoms with E-state index in [-0.39, 0.29) is 32.3 Å². The molecular weight excluding hydrogens is 496 g/mol. The number of morpholine rings is 1. The fourth-order valence-electron chi connectivity index (χ4n) is 5.52. The minimum atomic E-state index is -3.77. The van der Waals surface area contributed by atoms with Gasteiger partial charge in [-0.1, -0.05) is 0 Å². The molecule has 0 aromatic heterocycles. The zero-order valence-electron chi connectivity index (χ0n) is 22.5. The predicted molar refractivity (Wildman–Crippen MR) is 140 cm³/mol. The molecule has 1 atom stereocenters. The van der Waals surface area contributed by atoms with Gasteiger partial charge in [0.15, 0.2) is 0 Å². The van der Waals surface area contributed by atoms with Gasteiger partial charge >= 0.3 is 0 Å². The molecule has 1 amide bonds. The summed E-state index contributed by atoms with van der Waals surface area (Å²) in [6.07, 6.45) is 2.61. The Kier molecular flexibility index (Phi) is 9.82. The molecule has 37 heavy (non-hydrogen) atoms. The average Bonchev–Trinajstić information content (AvgIpc) is 3.41. The van der Waals surface area contributed by atoms with Crippen LogP contribution in [-0.4, -0.2) is 132 Å². The number of hydrogen-bond acceptors (Lipinski definition) is 8. The Bertz CT molecular complexity index is 999. The van der Waals surface area contributed by atoms with Crippen LogP contribution in [0.2, 0.25) is 0 Å². The van der Waals surface area contributed by atoms with Crippen LogP contribution in [0.3, 0.4) is 0 Å². The molecule has 1 aromatic rings. The quantitative estimate of drug-likeness (QED) is 0.435. The molecule has 0 saturated carbocycles. The number of rotatable bonds is 10. The second kappa shape index (κ2) is 12.9. The molecular formula is C26H42N4O6S. The topological polar surface area (TPSA) is 91.9 Å². The molecule has 11 heteroatoms. The van der Waals surface area contributed by atoms with Crippen LogP contribution in [0.25, 0.3) is 0 Å². The zero-order valence-corrected chi connectivity index (χ0v) is 23.3. The highest BCUT2D eigenvalue weighted by molar-refractivity contribution is 7.89. The highest BCUT2D eigenvalue weighted by Crippen LogP contribution is 2.30. The molecule has 0 bridgehead atoms. The number of amides is 1. The molecule has 0 aliphatic carbocycles. The summed E-state index contributed by atoms with van der Waals surface area (Å²) in [5.74, 6) is 0.578. The predicted octanol–water partition coefficient (Wildman–Crippen LogP) is 0.958. The highest BCUT2D eigenvalue weighted by Gasteiger charge is 2.36. The van der Waals surface area contributed by atoms with E-state index < -0.39 is 16.1 Å². The lowest BCUT2D eigenvalue weighted by atomic mass is 10.1. The standard InChI is InChI=1S/C26H42N4O6S/c1-21-16-24(34-3)17-22(2)26(21)37(32,33)30-14-15-35-18-23(30)19-36-20-25(31)29-12-10-28(11-13-29)9-8-27-6-4-5-7-27/h16-17,23H,4-15,18-20H2,1-3H3. The molecule has 1 aromatic carbocycles. The molecule has 208 valence electrons. The molecule has 0 radical (unpaired) electrons. The molecule has 0 N–H and O–H groups in total. The Labute approximate surface area is 221 Å². The van der Waals surface area contributed by atoms with Crippen LogP contribution in [0.1, 0.15) is 24.0 Å². The third kappa shape index (κ3) is 7.01. The van der Waals surface area contributed by atoms with Gasteiger partial charge in [-0.05, 0) is 63.0 Å². The first-order valence-electron chi connectivity index (χ1n) is 13.3. The average molecular weight is 539 g/mol. The Morgan fingerprint density at radius 2 is 1.59 bits per heavy atom. The SMILES string of the molecule is COc1cc(C)c(S(=O)(=O)N2CCOCC2COCC(=O)N2CCN(CCN3CCCC3)CC2)c(C)c1. The number of carbonyl (C=O) groups excluding carboxylic acids is 1. The number of benzene rings is 1. The van der Waals surface area contributed by atoms with E-state index in [0.717, 1.165) is 26.2 Å². The fourth-order valence-corrected chi connectivity index (χ4v) is 7.52. The largest absolute Gasteiger partial charge is 0.497 e. The van der Waals surface area contributed by atoms with Crippen molar-refractivity contribution in [2.75, 3.05) is 92.4 Å². The summed E-state index contributed by atoms with van der Waals surface area (Å²) < 4.78 is 45.4. The van der Waals surface area contributed by atoms with Gasteiger partial charge in [-0.15, -0.1) is 0 Å². The van der Waals surface area contributed by atoms with Gasteiger partial charge in [-0.2, -0.15) is 4.31 Å². The summed E-state index contributed by atoms with van der Waals surface area (Å²) in [4.78, 5) is 19.8. The molecule has 10 nitrogen and oxygen atoms in total. The van der Waals surface area contributed by atoms with Crippen LogP contribution in [0, 0.1) is 13.8 Å². The van der Waals surface area contributed by atoms with Crippen molar-refractivity contribution < 1.29 is 27.4 Å². The van der Waals surface area contributed by atoms with E-state index >= 15 is 0 Å². The summed E-state index contributed by atoms with van der Waals surface area (Å²) >= 11 is 0. The lowest BCUT2D eigenvalue weighted by Crippen LogP contribution is -2.52. The number of piperazine rings is 1. The van der Waals surface area contributed by atoms with Gasteiger partial charge in [0.1, 0.15) is 12.4 Å². The van der Waals surface area contributed by atoms with Crippen LogP contribution in [0.5, 0.6) is 5.75 Å². The molecule has 3 aliphatic rings. The summed E-state index contributed by atoms with van der Waals surface area (Å²) in [6, 6.07) is 2.97. The first-order valence-corrected chi connectivity index (χ1v) is 14.8. The Morgan fingerprint density at radius 3 is 2.22 bits per heavy atom. The molecule has 1 unspecified atom stereocenters. The third-order valence-electron chi connectivity index (χ3n) is 7.60. The second-order valence-corrected chi connectivity index (χ2v) is 12.0. The maximum atomic E-state index is 13.6. The van der Waals surface area contributed by atoms with Crippen molar-refractivity contribution in [2.24, 2.45) is 0 Å². The number of methoxy groups -OCH3 is 1. The molecule has 3 aliphatic heterocycles. The number of hydrogen-bond donors (Lipinski definition) is 0. The number of carbonyl (C=O) groups is 1. The molecule has 4 rings (SSSR count). The van der Waals surface area contributed by atoms with E-state index in [1.807, 2.05) is 4.90 Å². The van der Waals surface area contributed by atoms with Crippen molar-refractivity contribution in [3.63, 3.8) is 0 Å². The minimum Gasteiger partial charge on any atom is -0.497 e. The van der Waals surface area contributed by atoms with Gasteiger partial charge in [0.05, 0.1) is 37.9 Å². The smallest absolute Gasteiger partial charge is 0.248 e. The van der Waals surface area contributed by atoms with Gasteiger partial charge in [-0.25, -0.2) is 8.42 Å². The summed E-state index contributed by atoms with van der Waals surface area (Å²) in [5, 5.41) is 0. The second-order valence-electron chi connectivity index (χ2n) is 10.2.